The van der Waals surface area contributed by atoms with Crippen molar-refractivity contribution >= 4 is 10.0 Å². The number of nitrogens with zero attached hydrogens (tertiary/aromatic N) is 4. The highest BCUT2D eigenvalue weighted by Crippen LogP contribution is 2.23. The van der Waals surface area contributed by atoms with E-state index in [9.17, 15) is 8.42 Å². The third kappa shape index (κ3) is 7.94. The predicted octanol–water partition coefficient (Wildman–Crippen LogP) is 4.14. The van der Waals surface area contributed by atoms with Crippen molar-refractivity contribution in [2.45, 2.75) is 25.1 Å². The van der Waals surface area contributed by atoms with Gasteiger partial charge in [-0.3, -0.25) is 9.97 Å². The molecular weight excluding hydrogens is 544 g/mol. The molecule has 0 saturated heterocycles. The van der Waals surface area contributed by atoms with E-state index in [4.69, 9.17) is 19.6 Å². The first-order valence-corrected chi connectivity index (χ1v) is 14.0. The maximum absolute atomic E-state index is 12.3. The Balaban J connectivity index is 0.000000208. The number of nitrogens with two attached hydrogens (primary N) is 1. The van der Waals surface area contributed by atoms with E-state index in [2.05, 4.69) is 24.7 Å². The summed E-state index contributed by atoms with van der Waals surface area (Å²) in [6, 6.07) is 21.3. The molecule has 212 valence electrons. The molecule has 5 aromatic heterocycles. The quantitative estimate of drug-likeness (QED) is 0.262. The minimum Gasteiger partial charge on any atom is -0.497 e. The van der Waals surface area contributed by atoms with Crippen LogP contribution in [0.25, 0.3) is 22.8 Å². The van der Waals surface area contributed by atoms with Gasteiger partial charge in [0.15, 0.2) is 0 Å². The van der Waals surface area contributed by atoms with Crippen molar-refractivity contribution in [2.75, 3.05) is 14.2 Å². The number of aromatic nitrogens is 4. The van der Waals surface area contributed by atoms with Crippen molar-refractivity contribution in [3.63, 3.8) is 0 Å². The highest BCUT2D eigenvalue weighted by atomic mass is 32.2. The van der Waals surface area contributed by atoms with Crippen LogP contribution in [0.15, 0.2) is 94.7 Å². The van der Waals surface area contributed by atoms with Crippen LogP contribution in [0.1, 0.15) is 17.1 Å². The lowest BCUT2D eigenvalue weighted by Crippen LogP contribution is -2.23. The molecule has 0 spiro atoms. The van der Waals surface area contributed by atoms with Crippen molar-refractivity contribution in [2.24, 2.45) is 5.73 Å². The number of methoxy groups -OCH3 is 2. The lowest BCUT2D eigenvalue weighted by atomic mass is 10.2. The molecule has 0 fully saturated rings. The number of pyridine rings is 4. The molecule has 0 atom stereocenters. The summed E-state index contributed by atoms with van der Waals surface area (Å²) in [6.45, 7) is 2.07. The molecule has 5 rings (SSSR count). The van der Waals surface area contributed by atoms with Crippen LogP contribution < -0.4 is 19.9 Å². The molecule has 0 aliphatic rings. The maximum atomic E-state index is 12.3. The first kappa shape index (κ1) is 29.3. The first-order chi connectivity index (χ1) is 19.8. The van der Waals surface area contributed by atoms with Gasteiger partial charge >= 0.3 is 0 Å². The summed E-state index contributed by atoms with van der Waals surface area (Å²) in [4.78, 5) is 17.4. The number of ether oxygens (including phenoxy) is 2. The summed E-state index contributed by atoms with van der Waals surface area (Å²) in [5, 5.41) is -0.127. The average Bonchev–Trinajstić information content (AvgIpc) is 3.48. The number of furan rings is 1. The molecule has 0 bridgehead atoms. The Hall–Kier alpha value is -4.65. The molecular formula is C29H30N6O5S. The first-order valence-electron chi connectivity index (χ1n) is 12.5. The average molecular weight is 575 g/mol. The van der Waals surface area contributed by atoms with Crippen LogP contribution in [0.3, 0.4) is 0 Å². The standard InChI is InChI=1S/C17H17N3O4S.C12H13N3O/c1-12-6-7-17(24-12)25(21,22)19-11-13-9-14(23-2)10-16(20-13)15-5-3-4-8-18-15;1-16-10-6-9(8-13)15-12(7-10)11-4-2-3-5-14-11/h3-10,19H,11H2,1-2H3;2-7H,8,13H2,1H3. The van der Waals surface area contributed by atoms with Crippen LogP contribution in [0, 0.1) is 6.92 Å². The number of nitrogens with one attached hydrogen (secondary N) is 1. The molecule has 0 unspecified atom stereocenters. The molecule has 0 aromatic carbocycles. The molecule has 0 radical (unpaired) electrons. The van der Waals surface area contributed by atoms with Gasteiger partial charge in [-0.15, -0.1) is 0 Å². The maximum Gasteiger partial charge on any atom is 0.274 e. The van der Waals surface area contributed by atoms with Crippen molar-refractivity contribution in [3.05, 3.63) is 102 Å². The number of sulfonamides is 1. The molecule has 3 N–H and O–H groups in total. The largest absolute Gasteiger partial charge is 0.497 e. The summed E-state index contributed by atoms with van der Waals surface area (Å²) in [5.41, 5.74) is 9.75. The van der Waals surface area contributed by atoms with E-state index in [0.29, 0.717) is 35.1 Å². The van der Waals surface area contributed by atoms with Gasteiger partial charge in [0.25, 0.3) is 10.0 Å². The summed E-state index contributed by atoms with van der Waals surface area (Å²) in [7, 11) is -0.586. The van der Waals surface area contributed by atoms with Crippen molar-refractivity contribution < 1.29 is 22.3 Å². The van der Waals surface area contributed by atoms with Crippen molar-refractivity contribution in [3.8, 4) is 34.3 Å². The summed E-state index contributed by atoms with van der Waals surface area (Å²) >= 11 is 0. The lowest BCUT2D eigenvalue weighted by molar-refractivity contribution is 0.413. The Labute approximate surface area is 238 Å². The summed E-state index contributed by atoms with van der Waals surface area (Å²) < 4.78 is 42.6. The van der Waals surface area contributed by atoms with Crippen LogP contribution in [0.4, 0.5) is 0 Å². The fraction of sp³-hybridized carbons (Fsp3) is 0.172. The van der Waals surface area contributed by atoms with E-state index < -0.39 is 10.0 Å². The molecule has 0 aliphatic heterocycles. The third-order valence-electron chi connectivity index (χ3n) is 5.66. The van der Waals surface area contributed by atoms with E-state index in [1.165, 1.54) is 13.2 Å². The fourth-order valence-electron chi connectivity index (χ4n) is 3.64. The lowest BCUT2D eigenvalue weighted by Gasteiger charge is -2.09. The van der Waals surface area contributed by atoms with Gasteiger partial charge in [-0.2, -0.15) is 0 Å². The van der Waals surface area contributed by atoms with E-state index in [0.717, 1.165) is 22.8 Å². The van der Waals surface area contributed by atoms with Gasteiger partial charge in [0.05, 0.1) is 54.9 Å². The molecule has 0 saturated carbocycles. The third-order valence-corrected chi connectivity index (χ3v) is 6.94. The molecule has 12 heteroatoms. The molecule has 0 amide bonds. The minimum atomic E-state index is -3.75. The molecule has 5 aromatic rings. The predicted molar refractivity (Wildman–Crippen MR) is 153 cm³/mol. The van der Waals surface area contributed by atoms with Gasteiger partial charge in [-0.25, -0.2) is 23.1 Å². The second kappa shape index (κ2) is 13.6. The van der Waals surface area contributed by atoms with Gasteiger partial charge in [0.1, 0.15) is 17.3 Å². The van der Waals surface area contributed by atoms with Crippen LogP contribution >= 0.6 is 0 Å². The zero-order chi connectivity index (χ0) is 29.2. The zero-order valence-corrected chi connectivity index (χ0v) is 23.6. The second-order valence-electron chi connectivity index (χ2n) is 8.59. The fourth-order valence-corrected chi connectivity index (χ4v) is 4.61. The smallest absolute Gasteiger partial charge is 0.274 e. The highest BCUT2D eigenvalue weighted by Gasteiger charge is 2.18. The Kier molecular flexibility index (Phi) is 9.74. The monoisotopic (exact) mass is 574 g/mol. The van der Waals surface area contributed by atoms with E-state index in [1.807, 2.05) is 48.5 Å². The number of hydrogen-bond acceptors (Lipinski definition) is 10. The summed E-state index contributed by atoms with van der Waals surface area (Å²) in [5.74, 6) is 1.84. The Bertz CT molecular complexity index is 1660. The van der Waals surface area contributed by atoms with Crippen LogP contribution in [-0.2, 0) is 23.1 Å². The van der Waals surface area contributed by atoms with Gasteiger partial charge in [0, 0.05) is 43.2 Å². The SMILES string of the molecule is COc1cc(CN)nc(-c2ccccn2)c1.COc1cc(CNS(=O)(=O)c2ccc(C)o2)nc(-c2ccccn2)c1. The Morgan fingerprint density at radius 1 is 0.780 bits per heavy atom. The van der Waals surface area contributed by atoms with Crippen LogP contribution in [0.2, 0.25) is 0 Å². The van der Waals surface area contributed by atoms with E-state index >= 15 is 0 Å². The van der Waals surface area contributed by atoms with Crippen molar-refractivity contribution in [1.29, 1.82) is 0 Å². The molecule has 11 nitrogen and oxygen atoms in total. The molecule has 5 heterocycles. The second-order valence-corrected chi connectivity index (χ2v) is 10.3. The van der Waals surface area contributed by atoms with E-state index in [-0.39, 0.29) is 11.6 Å². The Morgan fingerprint density at radius 2 is 1.34 bits per heavy atom. The molecule has 41 heavy (non-hydrogen) atoms. The van der Waals surface area contributed by atoms with Gasteiger partial charge in [-0.1, -0.05) is 12.1 Å². The Morgan fingerprint density at radius 3 is 1.80 bits per heavy atom. The summed E-state index contributed by atoms with van der Waals surface area (Å²) in [6.07, 6.45) is 3.40. The highest BCUT2D eigenvalue weighted by molar-refractivity contribution is 7.89. The van der Waals surface area contributed by atoms with Gasteiger partial charge in [-0.05, 0) is 43.3 Å². The van der Waals surface area contributed by atoms with Crippen molar-refractivity contribution in [1.82, 2.24) is 24.7 Å². The van der Waals surface area contributed by atoms with Gasteiger partial charge in [0.2, 0.25) is 5.09 Å². The topological polar surface area (TPSA) is 155 Å². The molecule has 0 aliphatic carbocycles. The van der Waals surface area contributed by atoms with Crippen LogP contribution in [0.5, 0.6) is 11.5 Å². The van der Waals surface area contributed by atoms with Crippen LogP contribution in [-0.4, -0.2) is 42.6 Å². The number of aryl methyl sites for hydroxylation is 1. The minimum absolute atomic E-state index is 0.000878. The van der Waals surface area contributed by atoms with E-state index in [1.54, 1.807) is 44.6 Å². The normalized spacial score (nSPS) is 10.9. The van der Waals surface area contributed by atoms with Gasteiger partial charge < -0.3 is 19.6 Å². The number of rotatable bonds is 9. The number of hydrogen-bond donors (Lipinski definition) is 2. The zero-order valence-electron chi connectivity index (χ0n) is 22.8.